The summed E-state index contributed by atoms with van der Waals surface area (Å²) in [6, 6.07) is 6.36. The highest BCUT2D eigenvalue weighted by Gasteiger charge is 2.32. The van der Waals surface area contributed by atoms with Gasteiger partial charge in [0.05, 0.1) is 4.91 Å². The van der Waals surface area contributed by atoms with Crippen LogP contribution in [0.5, 0.6) is 11.5 Å². The molecule has 29 heavy (non-hydrogen) atoms. The molecule has 1 aromatic heterocycles. The summed E-state index contributed by atoms with van der Waals surface area (Å²) in [7, 11) is 1.42. The van der Waals surface area contributed by atoms with Crippen molar-refractivity contribution in [3.63, 3.8) is 0 Å². The number of carbonyl (C=O) groups is 2. The van der Waals surface area contributed by atoms with Gasteiger partial charge in [-0.25, -0.2) is 0 Å². The van der Waals surface area contributed by atoms with Crippen LogP contribution in [0.3, 0.4) is 0 Å². The standard InChI is InChI=1S/C20H19BrN2O5S/c1-11(2)23-5-4-12(6-18(23)25)10-28-16-7-13(14(21)9-15(16)24)8-17-19(26)22(3)20(27)29-17/h4-9,11,24H,10H2,1-3H3/b17-8-. The van der Waals surface area contributed by atoms with Crippen LogP contribution in [0.2, 0.25) is 0 Å². The van der Waals surface area contributed by atoms with Gasteiger partial charge in [-0.05, 0) is 61.0 Å². The molecule has 7 nitrogen and oxygen atoms in total. The van der Waals surface area contributed by atoms with Gasteiger partial charge >= 0.3 is 0 Å². The second-order valence-corrected chi connectivity index (χ2v) is 8.59. The van der Waals surface area contributed by atoms with E-state index >= 15 is 0 Å². The molecule has 1 saturated heterocycles. The molecule has 2 amide bonds. The number of nitrogens with zero attached hydrogens (tertiary/aromatic N) is 2. The van der Waals surface area contributed by atoms with E-state index in [1.165, 1.54) is 19.2 Å². The molecule has 0 spiro atoms. The lowest BCUT2D eigenvalue weighted by molar-refractivity contribution is -0.121. The Labute approximate surface area is 180 Å². The summed E-state index contributed by atoms with van der Waals surface area (Å²) in [5, 5.41) is 9.84. The van der Waals surface area contributed by atoms with Crippen molar-refractivity contribution in [1.82, 2.24) is 9.47 Å². The fourth-order valence-corrected chi connectivity index (χ4v) is 3.94. The molecule has 2 aromatic rings. The van der Waals surface area contributed by atoms with Crippen molar-refractivity contribution >= 4 is 44.9 Å². The third-order valence-electron chi connectivity index (χ3n) is 4.31. The van der Waals surface area contributed by atoms with E-state index in [1.807, 2.05) is 13.8 Å². The van der Waals surface area contributed by atoms with Crippen molar-refractivity contribution in [3.8, 4) is 11.5 Å². The van der Waals surface area contributed by atoms with E-state index in [-0.39, 0.29) is 45.8 Å². The summed E-state index contributed by atoms with van der Waals surface area (Å²) in [4.78, 5) is 37.2. The van der Waals surface area contributed by atoms with E-state index in [9.17, 15) is 19.5 Å². The lowest BCUT2D eigenvalue weighted by atomic mass is 10.2. The molecular weight excluding hydrogens is 460 g/mol. The van der Waals surface area contributed by atoms with Crippen molar-refractivity contribution in [2.24, 2.45) is 0 Å². The van der Waals surface area contributed by atoms with Gasteiger partial charge in [0.1, 0.15) is 6.61 Å². The molecular formula is C20H19BrN2O5S. The molecule has 1 aliphatic rings. The Balaban J connectivity index is 1.83. The Hall–Kier alpha value is -2.52. The van der Waals surface area contributed by atoms with Crippen LogP contribution in [0.25, 0.3) is 6.08 Å². The lowest BCUT2D eigenvalue weighted by Crippen LogP contribution is -2.22. The Morgan fingerprint density at radius 3 is 2.55 bits per heavy atom. The number of benzene rings is 1. The Morgan fingerprint density at radius 2 is 1.97 bits per heavy atom. The minimum Gasteiger partial charge on any atom is -0.504 e. The third-order valence-corrected chi connectivity index (χ3v) is 5.96. The van der Waals surface area contributed by atoms with Crippen molar-refractivity contribution in [3.05, 3.63) is 61.3 Å². The van der Waals surface area contributed by atoms with Crippen molar-refractivity contribution < 1.29 is 19.4 Å². The predicted molar refractivity (Wildman–Crippen MR) is 115 cm³/mol. The first kappa shape index (κ1) is 21.2. The molecule has 0 radical (unpaired) electrons. The van der Waals surface area contributed by atoms with Crippen molar-refractivity contribution in [2.45, 2.75) is 26.5 Å². The first-order valence-corrected chi connectivity index (χ1v) is 10.4. The molecule has 1 aromatic carbocycles. The molecule has 1 N–H and O–H groups in total. The fourth-order valence-electron chi connectivity index (χ4n) is 2.68. The van der Waals surface area contributed by atoms with Gasteiger partial charge in [0.2, 0.25) is 0 Å². The molecule has 0 aliphatic carbocycles. The second kappa shape index (κ2) is 8.46. The summed E-state index contributed by atoms with van der Waals surface area (Å²) in [5.74, 6) is -0.274. The second-order valence-electron chi connectivity index (χ2n) is 6.75. The molecule has 3 rings (SSSR count). The van der Waals surface area contributed by atoms with Crippen LogP contribution in [0.4, 0.5) is 4.79 Å². The van der Waals surface area contributed by atoms with Gasteiger partial charge in [-0.2, -0.15) is 0 Å². The zero-order chi connectivity index (χ0) is 21.3. The number of pyridine rings is 1. The van der Waals surface area contributed by atoms with E-state index in [2.05, 4.69) is 15.9 Å². The number of halogens is 1. The van der Waals surface area contributed by atoms with Gasteiger partial charge in [0.25, 0.3) is 16.7 Å². The minimum atomic E-state index is -0.381. The van der Waals surface area contributed by atoms with Gasteiger partial charge in [0.15, 0.2) is 11.5 Å². The average molecular weight is 479 g/mol. The number of aromatic nitrogens is 1. The van der Waals surface area contributed by atoms with Crippen molar-refractivity contribution in [2.75, 3.05) is 7.05 Å². The van der Waals surface area contributed by atoms with Gasteiger partial charge < -0.3 is 14.4 Å². The highest BCUT2D eigenvalue weighted by molar-refractivity contribution is 9.10. The predicted octanol–water partition coefficient (Wildman–Crippen LogP) is 4.14. The van der Waals surface area contributed by atoms with Gasteiger partial charge in [-0.1, -0.05) is 15.9 Å². The number of likely N-dealkylation sites (N-methyl/N-ethyl adjacent to an activating group) is 1. The number of hydrogen-bond donors (Lipinski definition) is 1. The fraction of sp³-hybridized carbons (Fsp3) is 0.250. The molecule has 0 atom stereocenters. The van der Waals surface area contributed by atoms with Crippen LogP contribution in [-0.4, -0.2) is 32.8 Å². The number of ether oxygens (including phenoxy) is 1. The zero-order valence-corrected chi connectivity index (χ0v) is 18.4. The third kappa shape index (κ3) is 4.56. The maximum Gasteiger partial charge on any atom is 0.293 e. The Bertz CT molecular complexity index is 1080. The molecule has 1 fully saturated rings. The van der Waals surface area contributed by atoms with E-state index in [0.717, 1.165) is 16.7 Å². The topological polar surface area (TPSA) is 88.8 Å². The largest absolute Gasteiger partial charge is 0.504 e. The number of carbonyl (C=O) groups excluding carboxylic acids is 2. The minimum absolute atomic E-state index is 0.0608. The van der Waals surface area contributed by atoms with Crippen LogP contribution in [0.1, 0.15) is 31.0 Å². The molecule has 0 bridgehead atoms. The molecule has 1 aliphatic heterocycles. The Morgan fingerprint density at radius 1 is 1.24 bits per heavy atom. The summed E-state index contributed by atoms with van der Waals surface area (Å²) >= 11 is 4.19. The van der Waals surface area contributed by atoms with Crippen LogP contribution in [0, 0.1) is 0 Å². The molecule has 0 saturated carbocycles. The van der Waals surface area contributed by atoms with Gasteiger partial charge in [-0.3, -0.25) is 19.3 Å². The van der Waals surface area contributed by atoms with E-state index in [4.69, 9.17) is 4.74 Å². The molecule has 2 heterocycles. The van der Waals surface area contributed by atoms with Gasteiger partial charge in [-0.15, -0.1) is 0 Å². The number of phenolic OH excluding ortho intramolecular Hbond substituents is 1. The van der Waals surface area contributed by atoms with Crippen molar-refractivity contribution in [1.29, 1.82) is 0 Å². The zero-order valence-electron chi connectivity index (χ0n) is 16.0. The maximum atomic E-state index is 12.1. The number of hydrogen-bond acceptors (Lipinski definition) is 6. The van der Waals surface area contributed by atoms with Gasteiger partial charge in [0, 0.05) is 29.8 Å². The Kier molecular flexibility index (Phi) is 6.18. The number of imide groups is 1. The quantitative estimate of drug-likeness (QED) is 0.649. The number of thioether (sulfide) groups is 1. The van der Waals surface area contributed by atoms with Crippen LogP contribution >= 0.6 is 27.7 Å². The van der Waals surface area contributed by atoms with E-state index < -0.39 is 0 Å². The number of amides is 2. The monoisotopic (exact) mass is 478 g/mol. The number of rotatable bonds is 5. The van der Waals surface area contributed by atoms with Crippen LogP contribution in [0.15, 0.2) is 44.6 Å². The van der Waals surface area contributed by atoms with E-state index in [1.54, 1.807) is 29.0 Å². The molecule has 0 unspecified atom stereocenters. The smallest absolute Gasteiger partial charge is 0.293 e. The average Bonchev–Trinajstić information content (AvgIpc) is 2.89. The lowest BCUT2D eigenvalue weighted by Gasteiger charge is -2.12. The first-order valence-electron chi connectivity index (χ1n) is 8.75. The maximum absolute atomic E-state index is 12.1. The highest BCUT2D eigenvalue weighted by Crippen LogP contribution is 2.37. The highest BCUT2D eigenvalue weighted by atomic mass is 79.9. The normalized spacial score (nSPS) is 15.6. The SMILES string of the molecule is CC(C)n1ccc(COc2cc(/C=C3\SC(=O)N(C)C3=O)c(Br)cc2O)cc1=O. The summed E-state index contributed by atoms with van der Waals surface area (Å²) in [5.41, 5.74) is 1.12. The summed E-state index contributed by atoms with van der Waals surface area (Å²) < 4.78 is 7.85. The number of aromatic hydroxyl groups is 1. The first-order chi connectivity index (χ1) is 13.7. The summed E-state index contributed by atoms with van der Waals surface area (Å²) in [6.45, 7) is 3.94. The van der Waals surface area contributed by atoms with E-state index in [0.29, 0.717) is 15.6 Å². The summed E-state index contributed by atoms with van der Waals surface area (Å²) in [6.07, 6.45) is 3.27. The number of phenols is 1. The molecule has 152 valence electrons. The van der Waals surface area contributed by atoms with Crippen LogP contribution < -0.4 is 10.3 Å². The van der Waals surface area contributed by atoms with Crippen LogP contribution in [-0.2, 0) is 11.4 Å². The molecule has 9 heteroatoms.